The van der Waals surface area contributed by atoms with Crippen LogP contribution in [-0.4, -0.2) is 89.2 Å². The van der Waals surface area contributed by atoms with E-state index in [1.165, 1.54) is 0 Å². The number of aliphatic hydroxyl groups is 1. The SMILES string of the molecule is O=C1NCC(C(=O)N[C@@H](CO)C(=O)N2CCN(c3ncccn3)CC2)N1. The van der Waals surface area contributed by atoms with Gasteiger partial charge in [-0.25, -0.2) is 14.8 Å². The van der Waals surface area contributed by atoms with Crippen molar-refractivity contribution in [1.82, 2.24) is 30.8 Å². The number of hydrogen-bond donors (Lipinski definition) is 4. The topological polar surface area (TPSA) is 140 Å². The number of rotatable bonds is 5. The molecule has 140 valence electrons. The summed E-state index contributed by atoms with van der Waals surface area (Å²) in [5.41, 5.74) is 0. The van der Waals surface area contributed by atoms with Gasteiger partial charge in [0.25, 0.3) is 0 Å². The molecular formula is C15H21N7O4. The van der Waals surface area contributed by atoms with E-state index in [2.05, 4.69) is 25.9 Å². The fourth-order valence-corrected chi connectivity index (χ4v) is 2.87. The molecule has 4 amide bonds. The van der Waals surface area contributed by atoms with Crippen LogP contribution in [0.4, 0.5) is 10.7 Å². The summed E-state index contributed by atoms with van der Waals surface area (Å²) in [5, 5.41) is 16.9. The van der Waals surface area contributed by atoms with Crippen LogP contribution in [0.5, 0.6) is 0 Å². The lowest BCUT2D eigenvalue weighted by Gasteiger charge is -2.36. The molecule has 1 unspecified atom stereocenters. The summed E-state index contributed by atoms with van der Waals surface area (Å²) in [6, 6.07) is -0.493. The van der Waals surface area contributed by atoms with Crippen LogP contribution in [0.15, 0.2) is 18.5 Å². The minimum absolute atomic E-state index is 0.146. The first-order valence-electron chi connectivity index (χ1n) is 8.35. The molecule has 3 heterocycles. The summed E-state index contributed by atoms with van der Waals surface area (Å²) in [5.74, 6) is -0.255. The smallest absolute Gasteiger partial charge is 0.315 e. The molecule has 4 N–H and O–H groups in total. The molecule has 0 aliphatic carbocycles. The number of nitrogens with one attached hydrogen (secondary N) is 3. The summed E-state index contributed by atoms with van der Waals surface area (Å²) in [6.45, 7) is 1.62. The Morgan fingerprint density at radius 3 is 2.54 bits per heavy atom. The van der Waals surface area contributed by atoms with E-state index in [0.29, 0.717) is 32.1 Å². The second-order valence-electron chi connectivity index (χ2n) is 6.01. The lowest BCUT2D eigenvalue weighted by molar-refractivity contribution is -0.138. The molecule has 11 nitrogen and oxygen atoms in total. The Bertz CT molecular complexity index is 663. The van der Waals surface area contributed by atoms with Crippen LogP contribution < -0.4 is 20.9 Å². The highest BCUT2D eigenvalue weighted by molar-refractivity contribution is 5.93. The first-order valence-corrected chi connectivity index (χ1v) is 8.35. The maximum Gasteiger partial charge on any atom is 0.315 e. The van der Waals surface area contributed by atoms with E-state index in [4.69, 9.17) is 0 Å². The number of carbonyl (C=O) groups is 3. The number of aliphatic hydroxyl groups excluding tert-OH is 1. The molecule has 1 aromatic rings. The number of nitrogens with zero attached hydrogens (tertiary/aromatic N) is 4. The number of urea groups is 1. The van der Waals surface area contributed by atoms with E-state index in [1.54, 1.807) is 23.4 Å². The van der Waals surface area contributed by atoms with Gasteiger partial charge < -0.3 is 30.9 Å². The predicted molar refractivity (Wildman–Crippen MR) is 90.2 cm³/mol. The predicted octanol–water partition coefficient (Wildman–Crippen LogP) is -2.72. The number of carbonyl (C=O) groups excluding carboxylic acids is 3. The highest BCUT2D eigenvalue weighted by Gasteiger charge is 2.32. The quantitative estimate of drug-likeness (QED) is 0.446. The van der Waals surface area contributed by atoms with Gasteiger partial charge in [0.15, 0.2) is 0 Å². The lowest BCUT2D eigenvalue weighted by Crippen LogP contribution is -2.58. The van der Waals surface area contributed by atoms with Crippen molar-refractivity contribution in [3.8, 4) is 0 Å². The molecule has 2 fully saturated rings. The van der Waals surface area contributed by atoms with Gasteiger partial charge in [-0.2, -0.15) is 0 Å². The third kappa shape index (κ3) is 3.99. The molecule has 0 aromatic carbocycles. The Balaban J connectivity index is 1.52. The molecule has 2 atom stereocenters. The molecular weight excluding hydrogens is 342 g/mol. The lowest BCUT2D eigenvalue weighted by atomic mass is 10.2. The van der Waals surface area contributed by atoms with Crippen molar-refractivity contribution in [2.75, 3.05) is 44.2 Å². The van der Waals surface area contributed by atoms with Crippen LogP contribution in [-0.2, 0) is 9.59 Å². The van der Waals surface area contributed by atoms with E-state index in [0.717, 1.165) is 0 Å². The van der Waals surface area contributed by atoms with Crippen molar-refractivity contribution < 1.29 is 19.5 Å². The minimum atomic E-state index is -1.04. The Kier molecular flexibility index (Phi) is 5.46. The highest BCUT2D eigenvalue weighted by Crippen LogP contribution is 2.10. The first kappa shape index (κ1) is 17.9. The largest absolute Gasteiger partial charge is 0.394 e. The van der Waals surface area contributed by atoms with Gasteiger partial charge in [0.05, 0.1) is 6.61 Å². The number of amides is 4. The van der Waals surface area contributed by atoms with E-state index in [-0.39, 0.29) is 12.5 Å². The zero-order valence-electron chi connectivity index (χ0n) is 14.1. The number of hydrogen-bond acceptors (Lipinski definition) is 7. The fourth-order valence-electron chi connectivity index (χ4n) is 2.87. The maximum atomic E-state index is 12.6. The maximum absolute atomic E-state index is 12.6. The molecule has 0 bridgehead atoms. The molecule has 1 aromatic heterocycles. The van der Waals surface area contributed by atoms with Gasteiger partial charge in [0.2, 0.25) is 17.8 Å². The Morgan fingerprint density at radius 2 is 1.96 bits per heavy atom. The minimum Gasteiger partial charge on any atom is -0.394 e. The van der Waals surface area contributed by atoms with E-state index < -0.39 is 30.6 Å². The van der Waals surface area contributed by atoms with Gasteiger partial charge in [-0.1, -0.05) is 0 Å². The van der Waals surface area contributed by atoms with Crippen LogP contribution in [0.25, 0.3) is 0 Å². The van der Waals surface area contributed by atoms with Crippen LogP contribution in [0.2, 0.25) is 0 Å². The highest BCUT2D eigenvalue weighted by atomic mass is 16.3. The Morgan fingerprint density at radius 1 is 1.27 bits per heavy atom. The molecule has 3 rings (SSSR count). The molecule has 26 heavy (non-hydrogen) atoms. The first-order chi connectivity index (χ1) is 12.6. The van der Waals surface area contributed by atoms with Crippen LogP contribution in [0.3, 0.4) is 0 Å². The number of aromatic nitrogens is 2. The number of anilines is 1. The molecule has 11 heteroatoms. The Labute approximate surface area is 149 Å². The van der Waals surface area contributed by atoms with Gasteiger partial charge in [0.1, 0.15) is 12.1 Å². The van der Waals surface area contributed by atoms with E-state index in [9.17, 15) is 19.5 Å². The zero-order valence-corrected chi connectivity index (χ0v) is 14.1. The van der Waals surface area contributed by atoms with Gasteiger partial charge >= 0.3 is 6.03 Å². The van der Waals surface area contributed by atoms with E-state index in [1.807, 2.05) is 4.90 Å². The van der Waals surface area contributed by atoms with Crippen molar-refractivity contribution in [1.29, 1.82) is 0 Å². The number of piperazine rings is 1. The van der Waals surface area contributed by atoms with Gasteiger partial charge in [-0.3, -0.25) is 9.59 Å². The second kappa shape index (κ2) is 7.95. The van der Waals surface area contributed by atoms with Crippen molar-refractivity contribution >= 4 is 23.8 Å². The van der Waals surface area contributed by atoms with Crippen LogP contribution >= 0.6 is 0 Å². The average Bonchev–Trinajstić information content (AvgIpc) is 3.13. The van der Waals surface area contributed by atoms with Gasteiger partial charge in [0, 0.05) is 45.1 Å². The van der Waals surface area contributed by atoms with Crippen LogP contribution in [0.1, 0.15) is 0 Å². The average molecular weight is 363 g/mol. The van der Waals surface area contributed by atoms with Gasteiger partial charge in [-0.05, 0) is 6.07 Å². The molecule has 2 aliphatic heterocycles. The monoisotopic (exact) mass is 363 g/mol. The van der Waals surface area contributed by atoms with E-state index >= 15 is 0 Å². The summed E-state index contributed by atoms with van der Waals surface area (Å²) in [4.78, 5) is 47.7. The summed E-state index contributed by atoms with van der Waals surface area (Å²) >= 11 is 0. The third-order valence-electron chi connectivity index (χ3n) is 4.31. The molecule has 0 radical (unpaired) electrons. The molecule has 2 aliphatic rings. The zero-order chi connectivity index (χ0) is 18.5. The second-order valence-corrected chi connectivity index (χ2v) is 6.01. The fraction of sp³-hybridized carbons (Fsp3) is 0.533. The summed E-state index contributed by atoms with van der Waals surface area (Å²) in [6.07, 6.45) is 3.32. The summed E-state index contributed by atoms with van der Waals surface area (Å²) < 4.78 is 0. The molecule has 0 saturated carbocycles. The van der Waals surface area contributed by atoms with Crippen molar-refractivity contribution in [2.45, 2.75) is 12.1 Å². The van der Waals surface area contributed by atoms with Crippen molar-refractivity contribution in [3.63, 3.8) is 0 Å². The third-order valence-corrected chi connectivity index (χ3v) is 4.31. The van der Waals surface area contributed by atoms with Crippen molar-refractivity contribution in [2.24, 2.45) is 0 Å². The van der Waals surface area contributed by atoms with Crippen LogP contribution in [0, 0.1) is 0 Å². The molecule has 0 spiro atoms. The van der Waals surface area contributed by atoms with Gasteiger partial charge in [-0.15, -0.1) is 0 Å². The Hall–Kier alpha value is -2.95. The summed E-state index contributed by atoms with van der Waals surface area (Å²) in [7, 11) is 0. The standard InChI is InChI=1S/C15H21N7O4/c23-9-11(19-12(24)10-8-18-15(26)20-10)13(25)21-4-6-22(7-5-21)14-16-2-1-3-17-14/h1-3,10-11,23H,4-9H2,(H,19,24)(H2,18,20,26)/t10?,11-/m0/s1. The normalized spacial score (nSPS) is 21.0. The molecule has 2 saturated heterocycles. The van der Waals surface area contributed by atoms with Crippen molar-refractivity contribution in [3.05, 3.63) is 18.5 Å².